The molecule has 0 aliphatic rings. The number of rotatable bonds is 11. The second-order valence-corrected chi connectivity index (χ2v) is 5.08. The molecule has 0 saturated heterocycles. The minimum absolute atomic E-state index is 0.748. The minimum atomic E-state index is 0.748. The highest BCUT2D eigenvalue weighted by Gasteiger charge is 1.96. The summed E-state index contributed by atoms with van der Waals surface area (Å²) in [6, 6.07) is 8.82. The Bertz CT molecular complexity index is 308. The van der Waals surface area contributed by atoms with E-state index < -0.39 is 0 Å². The van der Waals surface area contributed by atoms with Crippen LogP contribution in [0.15, 0.2) is 24.3 Å². The second kappa shape index (κ2) is 11.0. The lowest BCUT2D eigenvalue weighted by atomic mass is 10.1. The molecule has 1 aromatic rings. The third-order valence-electron chi connectivity index (χ3n) is 3.20. The van der Waals surface area contributed by atoms with E-state index in [1.807, 2.05) is 0 Å². The summed E-state index contributed by atoms with van der Waals surface area (Å²) >= 11 is 0. The lowest BCUT2D eigenvalue weighted by molar-refractivity contribution is 0.117. The van der Waals surface area contributed by atoms with Gasteiger partial charge in [-0.3, -0.25) is 0 Å². The van der Waals surface area contributed by atoms with E-state index in [1.165, 1.54) is 36.8 Å². The molecule has 2 heteroatoms. The van der Waals surface area contributed by atoms with Gasteiger partial charge < -0.3 is 10.1 Å². The number of ether oxygens (including phenoxy) is 1. The fourth-order valence-corrected chi connectivity index (χ4v) is 1.98. The minimum Gasteiger partial charge on any atom is -0.377 e. The average Bonchev–Trinajstić information content (AvgIpc) is 2.45. The summed E-state index contributed by atoms with van der Waals surface area (Å²) in [4.78, 5) is 0. The predicted molar refractivity (Wildman–Crippen MR) is 82.5 cm³/mol. The van der Waals surface area contributed by atoms with Crippen molar-refractivity contribution in [2.45, 2.75) is 52.6 Å². The predicted octanol–water partition coefficient (Wildman–Crippen LogP) is 3.94. The normalized spacial score (nSPS) is 10.8. The fraction of sp³-hybridized carbons (Fsp3) is 0.647. The van der Waals surface area contributed by atoms with Crippen LogP contribution in [0.2, 0.25) is 0 Å². The molecular formula is C17H29NO. The summed E-state index contributed by atoms with van der Waals surface area (Å²) in [5, 5.41) is 3.43. The van der Waals surface area contributed by atoms with Gasteiger partial charge in [-0.25, -0.2) is 0 Å². The molecule has 0 fully saturated rings. The van der Waals surface area contributed by atoms with Crippen molar-refractivity contribution in [2.75, 3.05) is 19.7 Å². The molecule has 0 radical (unpaired) electrons. The van der Waals surface area contributed by atoms with Gasteiger partial charge in [0.1, 0.15) is 0 Å². The molecule has 0 aliphatic heterocycles. The Morgan fingerprint density at radius 1 is 0.895 bits per heavy atom. The first-order valence-electron chi connectivity index (χ1n) is 7.73. The third-order valence-corrected chi connectivity index (χ3v) is 3.20. The topological polar surface area (TPSA) is 21.3 Å². The van der Waals surface area contributed by atoms with Crippen LogP contribution in [0.3, 0.4) is 0 Å². The largest absolute Gasteiger partial charge is 0.377 e. The number of hydrogen-bond donors (Lipinski definition) is 1. The van der Waals surface area contributed by atoms with Crippen molar-refractivity contribution in [3.63, 3.8) is 0 Å². The maximum atomic E-state index is 5.66. The summed E-state index contributed by atoms with van der Waals surface area (Å²) in [5.74, 6) is 0. The number of nitrogens with one attached hydrogen (secondary N) is 1. The summed E-state index contributed by atoms with van der Waals surface area (Å²) in [5.41, 5.74) is 2.68. The van der Waals surface area contributed by atoms with Crippen molar-refractivity contribution in [1.29, 1.82) is 0 Å². The highest BCUT2D eigenvalue weighted by Crippen LogP contribution is 2.07. The van der Waals surface area contributed by atoms with E-state index in [0.717, 1.165) is 32.7 Å². The van der Waals surface area contributed by atoms with Gasteiger partial charge in [-0.15, -0.1) is 0 Å². The van der Waals surface area contributed by atoms with E-state index >= 15 is 0 Å². The Balaban J connectivity index is 2.16. The van der Waals surface area contributed by atoms with Gasteiger partial charge in [0.2, 0.25) is 0 Å². The molecule has 108 valence electrons. The summed E-state index contributed by atoms with van der Waals surface area (Å²) < 4.78 is 5.66. The van der Waals surface area contributed by atoms with Gasteiger partial charge in [-0.1, -0.05) is 51.0 Å². The molecular weight excluding hydrogens is 234 g/mol. The quantitative estimate of drug-likeness (QED) is 0.611. The molecule has 0 aliphatic carbocycles. The molecule has 0 spiro atoms. The zero-order chi connectivity index (χ0) is 13.8. The summed E-state index contributed by atoms with van der Waals surface area (Å²) in [6.07, 6.45) is 6.01. The van der Waals surface area contributed by atoms with Crippen molar-refractivity contribution in [3.8, 4) is 0 Å². The molecule has 1 aromatic carbocycles. The van der Waals surface area contributed by atoms with Crippen LogP contribution in [0.1, 0.15) is 50.7 Å². The van der Waals surface area contributed by atoms with Gasteiger partial charge in [0.15, 0.2) is 0 Å². The van der Waals surface area contributed by atoms with Crippen LogP contribution in [0, 0.1) is 0 Å². The Morgan fingerprint density at radius 2 is 1.63 bits per heavy atom. The number of benzene rings is 1. The van der Waals surface area contributed by atoms with Gasteiger partial charge in [-0.05, 0) is 43.5 Å². The summed E-state index contributed by atoms with van der Waals surface area (Å²) in [6.45, 7) is 8.23. The molecule has 0 unspecified atom stereocenters. The van der Waals surface area contributed by atoms with Gasteiger partial charge >= 0.3 is 0 Å². The molecule has 0 amide bonds. The maximum absolute atomic E-state index is 5.66. The molecule has 0 heterocycles. The smallest absolute Gasteiger partial charge is 0.0716 e. The third kappa shape index (κ3) is 8.02. The lowest BCUT2D eigenvalue weighted by Gasteiger charge is -2.06. The molecule has 1 N–H and O–H groups in total. The number of unbranched alkanes of at least 4 members (excludes halogenated alkanes) is 2. The van der Waals surface area contributed by atoms with Crippen molar-refractivity contribution in [1.82, 2.24) is 5.32 Å². The molecule has 0 aromatic heterocycles. The van der Waals surface area contributed by atoms with E-state index in [1.54, 1.807) is 0 Å². The first kappa shape index (κ1) is 16.2. The van der Waals surface area contributed by atoms with Crippen LogP contribution >= 0.6 is 0 Å². The Labute approximate surface area is 118 Å². The van der Waals surface area contributed by atoms with E-state index in [4.69, 9.17) is 4.74 Å². The van der Waals surface area contributed by atoms with E-state index in [2.05, 4.69) is 43.4 Å². The molecule has 19 heavy (non-hydrogen) atoms. The van der Waals surface area contributed by atoms with Gasteiger partial charge in [0.25, 0.3) is 0 Å². The zero-order valence-electron chi connectivity index (χ0n) is 12.6. The molecule has 0 saturated carbocycles. The zero-order valence-corrected chi connectivity index (χ0v) is 12.6. The van der Waals surface area contributed by atoms with E-state index in [0.29, 0.717) is 0 Å². The molecule has 0 atom stereocenters. The Hall–Kier alpha value is -0.860. The van der Waals surface area contributed by atoms with Crippen molar-refractivity contribution < 1.29 is 4.74 Å². The molecule has 0 bridgehead atoms. The second-order valence-electron chi connectivity index (χ2n) is 5.08. The van der Waals surface area contributed by atoms with Crippen LogP contribution in [-0.2, 0) is 17.8 Å². The van der Waals surface area contributed by atoms with Crippen LogP contribution in [0.25, 0.3) is 0 Å². The standard InChI is InChI=1S/C17H29NO/c1-3-5-6-14-19-15-17-9-7-16(8-10-17)11-13-18-12-4-2/h7-10,18H,3-6,11-15H2,1-2H3. The number of hydrogen-bond acceptors (Lipinski definition) is 2. The van der Waals surface area contributed by atoms with Gasteiger partial charge in [0, 0.05) is 6.61 Å². The highest BCUT2D eigenvalue weighted by atomic mass is 16.5. The van der Waals surface area contributed by atoms with E-state index in [9.17, 15) is 0 Å². The van der Waals surface area contributed by atoms with Crippen molar-refractivity contribution >= 4 is 0 Å². The lowest BCUT2D eigenvalue weighted by Crippen LogP contribution is -2.17. The van der Waals surface area contributed by atoms with Crippen LogP contribution in [0.4, 0.5) is 0 Å². The van der Waals surface area contributed by atoms with Crippen LogP contribution < -0.4 is 5.32 Å². The van der Waals surface area contributed by atoms with Crippen molar-refractivity contribution in [2.24, 2.45) is 0 Å². The fourth-order valence-electron chi connectivity index (χ4n) is 1.98. The average molecular weight is 263 g/mol. The van der Waals surface area contributed by atoms with Gasteiger partial charge in [0.05, 0.1) is 6.61 Å². The van der Waals surface area contributed by atoms with E-state index in [-0.39, 0.29) is 0 Å². The summed E-state index contributed by atoms with van der Waals surface area (Å²) in [7, 11) is 0. The van der Waals surface area contributed by atoms with Crippen LogP contribution in [-0.4, -0.2) is 19.7 Å². The Morgan fingerprint density at radius 3 is 2.32 bits per heavy atom. The monoisotopic (exact) mass is 263 g/mol. The van der Waals surface area contributed by atoms with Gasteiger partial charge in [-0.2, -0.15) is 0 Å². The SMILES string of the molecule is CCCCCOCc1ccc(CCNCCC)cc1. The van der Waals surface area contributed by atoms with Crippen molar-refractivity contribution in [3.05, 3.63) is 35.4 Å². The molecule has 1 rings (SSSR count). The first-order chi connectivity index (χ1) is 9.36. The Kier molecular flexibility index (Phi) is 9.38. The highest BCUT2D eigenvalue weighted by molar-refractivity contribution is 5.22. The van der Waals surface area contributed by atoms with Crippen LogP contribution in [0.5, 0.6) is 0 Å². The molecule has 2 nitrogen and oxygen atoms in total. The maximum Gasteiger partial charge on any atom is 0.0716 e. The first-order valence-corrected chi connectivity index (χ1v) is 7.73.